The van der Waals surface area contributed by atoms with E-state index in [9.17, 15) is 10.1 Å². The van der Waals surface area contributed by atoms with Crippen LogP contribution in [0, 0.1) is 23.0 Å². The minimum atomic E-state index is -0.728. The number of nitriles is 1. The monoisotopic (exact) mass is 537 g/mol. The molecule has 3 aromatic heterocycles. The first-order chi connectivity index (χ1) is 19.2. The predicted molar refractivity (Wildman–Crippen MR) is 146 cm³/mol. The van der Waals surface area contributed by atoms with Crippen LogP contribution in [0.25, 0.3) is 33.3 Å². The molecule has 198 valence electrons. The molecule has 11 heteroatoms. The van der Waals surface area contributed by atoms with Crippen molar-refractivity contribution in [2.75, 3.05) is 11.1 Å². The summed E-state index contributed by atoms with van der Waals surface area (Å²) >= 11 is 0. The zero-order valence-electron chi connectivity index (χ0n) is 21.4. The SMILES string of the molecule is C=C(C)C(=O)Nc1ccc(-c2c(-c3ccc(Oc4ncccn4)c(F)c3)c3c(N)ncc(C#N)c3n2C)c(F)c1. The molecule has 3 N–H and O–H groups in total. The highest BCUT2D eigenvalue weighted by atomic mass is 19.1. The summed E-state index contributed by atoms with van der Waals surface area (Å²) in [5.74, 6) is -1.89. The summed E-state index contributed by atoms with van der Waals surface area (Å²) in [5, 5.41) is 12.7. The number of nitrogens with two attached hydrogens (primary N) is 1. The number of pyridine rings is 1. The van der Waals surface area contributed by atoms with Crippen LogP contribution < -0.4 is 15.8 Å². The fourth-order valence-electron chi connectivity index (χ4n) is 4.39. The molecule has 2 aromatic carbocycles. The number of rotatable bonds is 6. The van der Waals surface area contributed by atoms with E-state index >= 15 is 8.78 Å². The van der Waals surface area contributed by atoms with Gasteiger partial charge in [-0.25, -0.2) is 23.7 Å². The number of nitrogens with one attached hydrogen (secondary N) is 1. The van der Waals surface area contributed by atoms with Gasteiger partial charge in [0.1, 0.15) is 17.7 Å². The van der Waals surface area contributed by atoms with Gasteiger partial charge in [0.25, 0.3) is 5.91 Å². The molecule has 0 saturated heterocycles. The third-order valence-corrected chi connectivity index (χ3v) is 6.19. The minimum absolute atomic E-state index is 0.0343. The van der Waals surface area contributed by atoms with Crippen molar-refractivity contribution in [2.24, 2.45) is 7.05 Å². The van der Waals surface area contributed by atoms with Gasteiger partial charge in [0.2, 0.25) is 0 Å². The number of amides is 1. The lowest BCUT2D eigenvalue weighted by atomic mass is 9.97. The van der Waals surface area contributed by atoms with Crippen molar-refractivity contribution in [2.45, 2.75) is 6.92 Å². The molecule has 9 nitrogen and oxygen atoms in total. The minimum Gasteiger partial charge on any atom is -0.421 e. The van der Waals surface area contributed by atoms with E-state index in [2.05, 4.69) is 32.9 Å². The lowest BCUT2D eigenvalue weighted by Gasteiger charge is -2.13. The quantitative estimate of drug-likeness (QED) is 0.264. The number of anilines is 2. The summed E-state index contributed by atoms with van der Waals surface area (Å²) < 4.78 is 38.1. The number of carbonyl (C=O) groups excluding carboxylic acids is 1. The van der Waals surface area contributed by atoms with Gasteiger partial charge in [-0.1, -0.05) is 12.6 Å². The molecule has 5 aromatic rings. The number of aromatic nitrogens is 4. The van der Waals surface area contributed by atoms with Gasteiger partial charge in [0.05, 0.1) is 22.2 Å². The van der Waals surface area contributed by atoms with Crippen LogP contribution >= 0.6 is 0 Å². The Kier molecular flexibility index (Phi) is 6.67. The Bertz CT molecular complexity index is 1860. The molecule has 0 unspecified atom stereocenters. The number of ether oxygens (including phenoxy) is 1. The third-order valence-electron chi connectivity index (χ3n) is 6.19. The second-order valence-corrected chi connectivity index (χ2v) is 8.88. The average Bonchev–Trinajstić information content (AvgIpc) is 3.24. The van der Waals surface area contributed by atoms with Crippen molar-refractivity contribution in [3.63, 3.8) is 0 Å². The van der Waals surface area contributed by atoms with E-state index in [1.54, 1.807) is 23.7 Å². The Morgan fingerprint density at radius 2 is 1.88 bits per heavy atom. The number of nitrogen functional groups attached to an aromatic ring is 1. The smallest absolute Gasteiger partial charge is 0.321 e. The van der Waals surface area contributed by atoms with Crippen LogP contribution in [0.4, 0.5) is 20.3 Å². The zero-order valence-corrected chi connectivity index (χ0v) is 21.4. The van der Waals surface area contributed by atoms with E-state index in [0.29, 0.717) is 27.7 Å². The Balaban J connectivity index is 1.72. The fourth-order valence-corrected chi connectivity index (χ4v) is 4.39. The molecule has 40 heavy (non-hydrogen) atoms. The second kappa shape index (κ2) is 10.3. The van der Waals surface area contributed by atoms with E-state index in [1.165, 1.54) is 55.8 Å². The largest absolute Gasteiger partial charge is 0.421 e. The number of hydrogen-bond donors (Lipinski definition) is 2. The molecule has 0 spiro atoms. The van der Waals surface area contributed by atoms with Gasteiger partial charge in [0.15, 0.2) is 11.6 Å². The highest BCUT2D eigenvalue weighted by molar-refractivity contribution is 6.11. The number of hydrogen-bond acceptors (Lipinski definition) is 7. The molecular weight excluding hydrogens is 516 g/mol. The lowest BCUT2D eigenvalue weighted by Crippen LogP contribution is -2.12. The zero-order chi connectivity index (χ0) is 28.6. The van der Waals surface area contributed by atoms with Crippen molar-refractivity contribution >= 4 is 28.3 Å². The molecule has 3 heterocycles. The van der Waals surface area contributed by atoms with Gasteiger partial charge in [-0.2, -0.15) is 5.26 Å². The first-order valence-corrected chi connectivity index (χ1v) is 11.9. The van der Waals surface area contributed by atoms with E-state index in [1.807, 2.05) is 0 Å². The van der Waals surface area contributed by atoms with Crippen LogP contribution in [-0.2, 0) is 11.8 Å². The van der Waals surface area contributed by atoms with Crippen molar-refractivity contribution in [1.82, 2.24) is 19.5 Å². The first kappa shape index (κ1) is 26.0. The van der Waals surface area contributed by atoms with E-state index in [-0.39, 0.29) is 40.0 Å². The van der Waals surface area contributed by atoms with Crippen molar-refractivity contribution in [3.05, 3.63) is 90.4 Å². The topological polar surface area (TPSA) is 132 Å². The van der Waals surface area contributed by atoms with Gasteiger partial charge in [-0.3, -0.25) is 4.79 Å². The Hall–Kier alpha value is -5.63. The number of benzene rings is 2. The molecule has 5 rings (SSSR count). The van der Waals surface area contributed by atoms with Crippen molar-refractivity contribution in [3.8, 4) is 40.2 Å². The van der Waals surface area contributed by atoms with Gasteiger partial charge >= 0.3 is 6.01 Å². The van der Waals surface area contributed by atoms with Crippen LogP contribution in [0.3, 0.4) is 0 Å². The molecular formula is C29H21F2N7O2. The Morgan fingerprint density at radius 1 is 1.12 bits per heavy atom. The van der Waals surface area contributed by atoms with Gasteiger partial charge in [0, 0.05) is 48.0 Å². The molecule has 0 radical (unpaired) electrons. The van der Waals surface area contributed by atoms with Crippen LogP contribution in [-0.4, -0.2) is 25.4 Å². The summed E-state index contributed by atoms with van der Waals surface area (Å²) in [6.45, 7) is 5.12. The summed E-state index contributed by atoms with van der Waals surface area (Å²) in [6.07, 6.45) is 4.25. The average molecular weight is 538 g/mol. The number of carbonyl (C=O) groups is 1. The molecule has 0 atom stereocenters. The third kappa shape index (κ3) is 4.58. The Morgan fingerprint density at radius 3 is 2.52 bits per heavy atom. The summed E-state index contributed by atoms with van der Waals surface area (Å²) in [7, 11) is 1.65. The van der Waals surface area contributed by atoms with Gasteiger partial charge in [-0.15, -0.1) is 0 Å². The maximum absolute atomic E-state index is 15.7. The summed E-state index contributed by atoms with van der Waals surface area (Å²) in [4.78, 5) is 24.1. The van der Waals surface area contributed by atoms with Crippen LogP contribution in [0.5, 0.6) is 11.8 Å². The summed E-state index contributed by atoms with van der Waals surface area (Å²) in [6, 6.07) is 12.0. The molecule has 1 amide bonds. The molecule has 0 aliphatic rings. The van der Waals surface area contributed by atoms with Crippen molar-refractivity contribution < 1.29 is 18.3 Å². The maximum atomic E-state index is 15.7. The highest BCUT2D eigenvalue weighted by Crippen LogP contribution is 2.45. The lowest BCUT2D eigenvalue weighted by molar-refractivity contribution is -0.112. The number of nitrogens with zero attached hydrogens (tertiary/aromatic N) is 5. The molecule has 0 aliphatic carbocycles. The second-order valence-electron chi connectivity index (χ2n) is 8.88. The van der Waals surface area contributed by atoms with Crippen LogP contribution in [0.1, 0.15) is 12.5 Å². The van der Waals surface area contributed by atoms with Crippen LogP contribution in [0.2, 0.25) is 0 Å². The molecule has 0 fully saturated rings. The molecule has 0 aliphatic heterocycles. The maximum Gasteiger partial charge on any atom is 0.321 e. The Labute approximate surface area is 227 Å². The highest BCUT2D eigenvalue weighted by Gasteiger charge is 2.26. The first-order valence-electron chi connectivity index (χ1n) is 11.9. The van der Waals surface area contributed by atoms with E-state index < -0.39 is 17.5 Å². The number of fused-ring (bicyclic) bond motifs is 1. The van der Waals surface area contributed by atoms with E-state index in [0.717, 1.165) is 0 Å². The molecule has 0 saturated carbocycles. The van der Waals surface area contributed by atoms with E-state index in [4.69, 9.17) is 10.5 Å². The van der Waals surface area contributed by atoms with Gasteiger partial charge < -0.3 is 20.4 Å². The van der Waals surface area contributed by atoms with Crippen LogP contribution in [0.15, 0.2) is 73.2 Å². The normalized spacial score (nSPS) is 10.8. The van der Waals surface area contributed by atoms with Crippen molar-refractivity contribution in [1.29, 1.82) is 5.26 Å². The fraction of sp³-hybridized carbons (Fsp3) is 0.0690. The van der Waals surface area contributed by atoms with Gasteiger partial charge in [-0.05, 0) is 48.9 Å². The standard InChI is InChI=1S/C29H21F2N7O2/c1-15(2)28(39)37-18-6-7-19(20(30)12-18)26-23(24-25(38(26)3)17(13-32)14-36-27(24)33)16-5-8-22(21(31)11-16)40-29-34-9-4-10-35-29/h4-12,14H,1H2,2-3H3,(H2,33,36)(H,37,39). The predicted octanol–water partition coefficient (Wildman–Crippen LogP) is 5.74. The number of halogens is 2. The summed E-state index contributed by atoms with van der Waals surface area (Å²) in [5.41, 5.74) is 8.51. The number of aryl methyl sites for hydroxylation is 1. The molecule has 0 bridgehead atoms.